The number of primary sulfonamides is 1. The van der Waals surface area contributed by atoms with Crippen LogP contribution >= 0.6 is 11.3 Å². The van der Waals surface area contributed by atoms with Crippen LogP contribution in [0.25, 0.3) is 0 Å². The molecule has 0 spiro atoms. The van der Waals surface area contributed by atoms with E-state index in [4.69, 9.17) is 5.14 Å². The number of rotatable bonds is 5. The van der Waals surface area contributed by atoms with E-state index in [1.807, 2.05) is 6.07 Å². The van der Waals surface area contributed by atoms with Crippen molar-refractivity contribution < 1.29 is 8.42 Å². The Morgan fingerprint density at radius 1 is 1.38 bits per heavy atom. The van der Waals surface area contributed by atoms with Gasteiger partial charge in [0.1, 0.15) is 0 Å². The number of nitrogens with one attached hydrogen (secondary N) is 1. The summed E-state index contributed by atoms with van der Waals surface area (Å²) in [6.45, 7) is 4.59. The molecule has 2 heterocycles. The molecule has 1 aromatic heterocycles. The van der Waals surface area contributed by atoms with Crippen LogP contribution in [0, 0.1) is 6.92 Å². The minimum atomic E-state index is -3.70. The average Bonchev–Trinajstić information content (AvgIpc) is 2.89. The first kappa shape index (κ1) is 17.3. The van der Waals surface area contributed by atoms with Crippen LogP contribution in [-0.2, 0) is 16.6 Å². The maximum atomic E-state index is 11.5. The summed E-state index contributed by atoms with van der Waals surface area (Å²) in [5.74, 6) is 0. The van der Waals surface area contributed by atoms with Crippen molar-refractivity contribution in [2.45, 2.75) is 36.6 Å². The normalized spacial score (nSPS) is 19.3. The van der Waals surface area contributed by atoms with E-state index in [0.717, 1.165) is 43.8 Å². The zero-order valence-corrected chi connectivity index (χ0v) is 15.2. The van der Waals surface area contributed by atoms with Crippen LogP contribution in [0.3, 0.4) is 0 Å². The van der Waals surface area contributed by atoms with Gasteiger partial charge >= 0.3 is 0 Å². The van der Waals surface area contributed by atoms with Gasteiger partial charge in [-0.2, -0.15) is 0 Å². The van der Waals surface area contributed by atoms with E-state index in [0.29, 0.717) is 10.8 Å². The van der Waals surface area contributed by atoms with Crippen molar-refractivity contribution in [3.8, 4) is 0 Å². The van der Waals surface area contributed by atoms with Crippen molar-refractivity contribution in [2.75, 3.05) is 18.4 Å². The first-order chi connectivity index (χ1) is 11.4. The molecule has 1 atom stereocenters. The second kappa shape index (κ2) is 7.18. The number of piperidine rings is 1. The summed E-state index contributed by atoms with van der Waals surface area (Å²) in [5.41, 5.74) is 1.77. The van der Waals surface area contributed by atoms with Crippen LogP contribution in [-0.4, -0.2) is 37.4 Å². The fraction of sp³-hybridized carbons (Fsp3) is 0.438. The van der Waals surface area contributed by atoms with Gasteiger partial charge in [-0.05, 0) is 31.9 Å². The number of anilines is 1. The van der Waals surface area contributed by atoms with Gasteiger partial charge in [0.15, 0.2) is 9.34 Å². The van der Waals surface area contributed by atoms with Crippen LogP contribution in [0.5, 0.6) is 0 Å². The van der Waals surface area contributed by atoms with E-state index < -0.39 is 10.0 Å². The van der Waals surface area contributed by atoms with Crippen molar-refractivity contribution in [3.05, 3.63) is 41.6 Å². The second-order valence-corrected chi connectivity index (χ2v) is 8.90. The predicted octanol–water partition coefficient (Wildman–Crippen LogP) is 2.18. The largest absolute Gasteiger partial charge is 0.357 e. The van der Waals surface area contributed by atoms with Gasteiger partial charge in [-0.25, -0.2) is 18.5 Å². The molecular formula is C16H22N4O2S2. The zero-order chi connectivity index (χ0) is 17.2. The molecule has 1 saturated heterocycles. The number of aromatic nitrogens is 1. The Kier molecular flexibility index (Phi) is 5.19. The Labute approximate surface area is 146 Å². The number of nitrogens with zero attached hydrogens (tertiary/aromatic N) is 2. The van der Waals surface area contributed by atoms with Crippen molar-refractivity contribution in [3.63, 3.8) is 0 Å². The molecule has 130 valence electrons. The highest BCUT2D eigenvalue weighted by molar-refractivity contribution is 7.91. The Morgan fingerprint density at radius 3 is 2.79 bits per heavy atom. The summed E-state index contributed by atoms with van der Waals surface area (Å²) in [6.07, 6.45) is 2.16. The molecular weight excluding hydrogens is 344 g/mol. The smallest absolute Gasteiger partial charge is 0.249 e. The summed E-state index contributed by atoms with van der Waals surface area (Å²) in [4.78, 5) is 6.72. The van der Waals surface area contributed by atoms with E-state index in [1.54, 1.807) is 6.92 Å². The fourth-order valence-corrected chi connectivity index (χ4v) is 4.98. The molecule has 1 aromatic carbocycles. The monoisotopic (exact) mass is 366 g/mol. The molecule has 3 N–H and O–H groups in total. The van der Waals surface area contributed by atoms with Gasteiger partial charge in [-0.15, -0.1) is 0 Å². The van der Waals surface area contributed by atoms with Crippen molar-refractivity contribution in [1.82, 2.24) is 9.88 Å². The summed E-state index contributed by atoms with van der Waals surface area (Å²) in [5, 5.41) is 9.22. The lowest BCUT2D eigenvalue weighted by atomic mass is 10.1. The molecule has 2 aromatic rings. The third kappa shape index (κ3) is 4.32. The molecule has 1 fully saturated rings. The van der Waals surface area contributed by atoms with Crippen LogP contribution in [0.4, 0.5) is 5.13 Å². The van der Waals surface area contributed by atoms with E-state index in [1.165, 1.54) is 5.56 Å². The zero-order valence-electron chi connectivity index (χ0n) is 13.6. The molecule has 1 aliphatic rings. The number of nitrogens with two attached hydrogens (primary N) is 1. The maximum Gasteiger partial charge on any atom is 0.249 e. The molecule has 1 unspecified atom stereocenters. The highest BCUT2D eigenvalue weighted by atomic mass is 32.2. The van der Waals surface area contributed by atoms with E-state index in [-0.39, 0.29) is 10.3 Å². The molecule has 0 amide bonds. The Bertz CT molecular complexity index is 790. The predicted molar refractivity (Wildman–Crippen MR) is 96.6 cm³/mol. The Hall–Kier alpha value is -1.48. The minimum Gasteiger partial charge on any atom is -0.357 e. The lowest BCUT2D eigenvalue weighted by Crippen LogP contribution is -2.41. The molecule has 0 radical (unpaired) electrons. The quantitative estimate of drug-likeness (QED) is 0.847. The maximum absolute atomic E-state index is 11.5. The van der Waals surface area contributed by atoms with Crippen LogP contribution in [0.15, 0.2) is 34.5 Å². The number of thiazole rings is 1. The topological polar surface area (TPSA) is 88.3 Å². The van der Waals surface area contributed by atoms with Gasteiger partial charge in [-0.1, -0.05) is 41.7 Å². The second-order valence-electron chi connectivity index (χ2n) is 6.14. The molecule has 0 saturated carbocycles. The van der Waals surface area contributed by atoms with E-state index >= 15 is 0 Å². The molecule has 3 rings (SSSR count). The van der Waals surface area contributed by atoms with Gasteiger partial charge in [0, 0.05) is 19.1 Å². The standard InChI is InChI=1S/C16H22N4O2S2/c1-12-15(24(17,21)22)23-16(18-12)19-14-8-5-9-20(11-14)10-13-6-3-2-4-7-13/h2-4,6-7,14H,5,8-11H2,1H3,(H,18,19)(H2,17,21,22). The minimum absolute atomic E-state index is 0.141. The Balaban J connectivity index is 1.63. The van der Waals surface area contributed by atoms with Gasteiger partial charge in [0.05, 0.1) is 5.69 Å². The lowest BCUT2D eigenvalue weighted by molar-refractivity contribution is 0.208. The SMILES string of the molecule is Cc1nc(NC2CCCN(Cc3ccccc3)C2)sc1S(N)(=O)=O. The van der Waals surface area contributed by atoms with Crippen LogP contribution in [0.1, 0.15) is 24.1 Å². The van der Waals surface area contributed by atoms with Crippen molar-refractivity contribution in [1.29, 1.82) is 0 Å². The first-order valence-corrected chi connectivity index (χ1v) is 10.3. The average molecular weight is 367 g/mol. The molecule has 6 nitrogen and oxygen atoms in total. The van der Waals surface area contributed by atoms with E-state index in [2.05, 4.69) is 39.5 Å². The Morgan fingerprint density at radius 2 is 2.12 bits per heavy atom. The number of hydrogen-bond donors (Lipinski definition) is 2. The number of likely N-dealkylation sites (tertiary alicyclic amines) is 1. The van der Waals surface area contributed by atoms with Gasteiger partial charge in [0.2, 0.25) is 10.0 Å². The molecule has 24 heavy (non-hydrogen) atoms. The highest BCUT2D eigenvalue weighted by Crippen LogP contribution is 2.27. The third-order valence-electron chi connectivity index (χ3n) is 4.09. The summed E-state index contributed by atoms with van der Waals surface area (Å²) < 4.78 is 23.2. The van der Waals surface area contributed by atoms with Gasteiger partial charge < -0.3 is 5.32 Å². The summed E-state index contributed by atoms with van der Waals surface area (Å²) >= 11 is 1.11. The number of hydrogen-bond acceptors (Lipinski definition) is 6. The first-order valence-electron chi connectivity index (χ1n) is 7.95. The van der Waals surface area contributed by atoms with Crippen LogP contribution < -0.4 is 10.5 Å². The number of benzene rings is 1. The highest BCUT2D eigenvalue weighted by Gasteiger charge is 2.23. The van der Waals surface area contributed by atoms with Gasteiger partial charge in [0.25, 0.3) is 0 Å². The van der Waals surface area contributed by atoms with Gasteiger partial charge in [-0.3, -0.25) is 4.90 Å². The molecule has 0 bridgehead atoms. The number of sulfonamides is 1. The lowest BCUT2D eigenvalue weighted by Gasteiger charge is -2.33. The van der Waals surface area contributed by atoms with Crippen molar-refractivity contribution in [2.24, 2.45) is 5.14 Å². The fourth-order valence-electron chi connectivity index (χ4n) is 3.04. The summed E-state index contributed by atoms with van der Waals surface area (Å²) in [7, 11) is -3.70. The molecule has 0 aliphatic carbocycles. The number of aryl methyl sites for hydroxylation is 1. The van der Waals surface area contributed by atoms with Crippen LogP contribution in [0.2, 0.25) is 0 Å². The molecule has 1 aliphatic heterocycles. The summed E-state index contributed by atoms with van der Waals surface area (Å²) in [6, 6.07) is 10.7. The third-order valence-corrected chi connectivity index (χ3v) is 6.74. The van der Waals surface area contributed by atoms with E-state index in [9.17, 15) is 8.42 Å². The van der Waals surface area contributed by atoms with Crippen molar-refractivity contribution >= 4 is 26.5 Å². The molecule has 8 heteroatoms.